The Labute approximate surface area is 259 Å². The fraction of sp³-hybridized carbons (Fsp3) is 0.312. The van der Waals surface area contributed by atoms with Gasteiger partial charge in [0.15, 0.2) is 0 Å². The Balaban J connectivity index is 0.000000276. The number of ether oxygens (including phenoxy) is 2. The predicted octanol–water partition coefficient (Wildman–Crippen LogP) is 2.29. The molecule has 1 saturated heterocycles. The molecule has 1 fully saturated rings. The van der Waals surface area contributed by atoms with Gasteiger partial charge < -0.3 is 35.4 Å². The van der Waals surface area contributed by atoms with Crippen molar-refractivity contribution in [1.29, 1.82) is 0 Å². The van der Waals surface area contributed by atoms with Gasteiger partial charge in [0, 0.05) is 25.5 Å². The van der Waals surface area contributed by atoms with Crippen LogP contribution in [0, 0.1) is 13.8 Å². The van der Waals surface area contributed by atoms with Crippen LogP contribution >= 0.6 is 0 Å². The maximum atomic E-state index is 12.2. The van der Waals surface area contributed by atoms with Crippen LogP contribution in [0.3, 0.4) is 0 Å². The van der Waals surface area contributed by atoms with Crippen LogP contribution < -0.4 is 5.73 Å². The van der Waals surface area contributed by atoms with Gasteiger partial charge in [-0.25, -0.2) is 19.2 Å². The molecule has 5 N–H and O–H groups in total. The van der Waals surface area contributed by atoms with Gasteiger partial charge >= 0.3 is 23.9 Å². The fourth-order valence-electron chi connectivity index (χ4n) is 4.28. The van der Waals surface area contributed by atoms with Crippen LogP contribution in [0.5, 0.6) is 0 Å². The molecule has 1 aliphatic heterocycles. The Morgan fingerprint density at radius 1 is 0.733 bits per heavy atom. The van der Waals surface area contributed by atoms with Crippen molar-refractivity contribution in [3.63, 3.8) is 0 Å². The number of aryl methyl sites for hydroxylation is 2. The van der Waals surface area contributed by atoms with Crippen molar-refractivity contribution in [1.82, 2.24) is 9.88 Å². The van der Waals surface area contributed by atoms with Crippen LogP contribution in [0.4, 0.5) is 0 Å². The monoisotopic (exact) mass is 621 g/mol. The van der Waals surface area contributed by atoms with Crippen molar-refractivity contribution in [3.05, 3.63) is 101 Å². The van der Waals surface area contributed by atoms with E-state index < -0.39 is 48.2 Å². The Morgan fingerprint density at radius 3 is 1.51 bits per heavy atom. The van der Waals surface area contributed by atoms with Gasteiger partial charge in [0.1, 0.15) is 12.1 Å². The third-order valence-corrected chi connectivity index (χ3v) is 6.89. The highest BCUT2D eigenvalue weighted by Crippen LogP contribution is 2.18. The SMILES string of the molecule is Cc1ccc(C(=O)O[C@@H](C(=O)O)[C@@H](OC(=O)c2ccc(C)cc2)C(=O)O)cc1.NC(C(=O)N1CCCC1)C(O)c1ccncc1. The summed E-state index contributed by atoms with van der Waals surface area (Å²) in [4.78, 5) is 64.9. The zero-order valence-electron chi connectivity index (χ0n) is 24.7. The zero-order chi connectivity index (χ0) is 33.1. The summed E-state index contributed by atoms with van der Waals surface area (Å²) in [7, 11) is 0. The third-order valence-electron chi connectivity index (χ3n) is 6.89. The number of likely N-dealkylation sites (tertiary alicyclic amines) is 1. The van der Waals surface area contributed by atoms with Crippen LogP contribution in [0.2, 0.25) is 0 Å². The number of hydrogen-bond acceptors (Lipinski definition) is 10. The van der Waals surface area contributed by atoms with Gasteiger partial charge in [0.2, 0.25) is 18.1 Å². The van der Waals surface area contributed by atoms with Crippen molar-refractivity contribution in [2.45, 2.75) is 51.0 Å². The molecule has 1 amide bonds. The molecule has 13 heteroatoms. The van der Waals surface area contributed by atoms with Gasteiger partial charge in [-0.05, 0) is 68.7 Å². The molecule has 1 aliphatic rings. The highest BCUT2D eigenvalue weighted by molar-refractivity contribution is 5.95. The van der Waals surface area contributed by atoms with Gasteiger partial charge in [-0.2, -0.15) is 0 Å². The van der Waals surface area contributed by atoms with Crippen molar-refractivity contribution in [3.8, 4) is 0 Å². The fourth-order valence-corrected chi connectivity index (χ4v) is 4.28. The Kier molecular flexibility index (Phi) is 12.3. The first-order chi connectivity index (χ1) is 21.4. The highest BCUT2D eigenvalue weighted by Gasteiger charge is 2.41. The average Bonchev–Trinajstić information content (AvgIpc) is 3.58. The Bertz CT molecular complexity index is 1400. The van der Waals surface area contributed by atoms with E-state index in [2.05, 4.69) is 4.98 Å². The summed E-state index contributed by atoms with van der Waals surface area (Å²) in [6, 6.07) is 14.5. The number of benzene rings is 2. The minimum atomic E-state index is -2.22. The quantitative estimate of drug-likeness (QED) is 0.241. The number of carboxylic acid groups (broad SMARTS) is 2. The number of carbonyl (C=O) groups is 5. The van der Waals surface area contributed by atoms with Crippen LogP contribution in [0.1, 0.15) is 56.4 Å². The molecule has 1 aromatic heterocycles. The molecule has 13 nitrogen and oxygen atoms in total. The lowest BCUT2D eigenvalue weighted by Gasteiger charge is -2.23. The number of amides is 1. The topological polar surface area (TPSA) is 207 Å². The summed E-state index contributed by atoms with van der Waals surface area (Å²) in [6.07, 6.45) is -0.224. The first-order valence-corrected chi connectivity index (χ1v) is 14.0. The molecule has 4 rings (SSSR count). The summed E-state index contributed by atoms with van der Waals surface area (Å²) < 4.78 is 9.64. The summed E-state index contributed by atoms with van der Waals surface area (Å²) in [6.45, 7) is 5.07. The summed E-state index contributed by atoms with van der Waals surface area (Å²) in [5.74, 6) is -5.80. The molecule has 0 aliphatic carbocycles. The number of nitrogens with zero attached hydrogens (tertiary/aromatic N) is 2. The number of aliphatic hydroxyl groups is 1. The van der Waals surface area contributed by atoms with Gasteiger partial charge in [0.05, 0.1) is 11.1 Å². The third kappa shape index (κ3) is 9.68. The second-order valence-corrected chi connectivity index (χ2v) is 10.3. The molecular formula is C32H35N3O10. The highest BCUT2D eigenvalue weighted by atomic mass is 16.6. The summed E-state index contributed by atoms with van der Waals surface area (Å²) in [5, 5.41) is 28.7. The largest absolute Gasteiger partial charge is 0.478 e. The maximum Gasteiger partial charge on any atom is 0.349 e. The minimum absolute atomic E-state index is 0.0332. The first kappa shape index (κ1) is 34.4. The van der Waals surface area contributed by atoms with E-state index in [-0.39, 0.29) is 17.0 Å². The molecule has 4 atom stereocenters. The van der Waals surface area contributed by atoms with E-state index in [1.54, 1.807) is 67.5 Å². The smallest absolute Gasteiger partial charge is 0.349 e. The molecule has 0 spiro atoms. The van der Waals surface area contributed by atoms with Crippen molar-refractivity contribution in [2.24, 2.45) is 5.73 Å². The molecular weight excluding hydrogens is 586 g/mol. The van der Waals surface area contributed by atoms with E-state index in [1.165, 1.54) is 24.3 Å². The molecule has 2 heterocycles. The minimum Gasteiger partial charge on any atom is -0.478 e. The van der Waals surface area contributed by atoms with Gasteiger partial charge in [0.25, 0.3) is 0 Å². The molecule has 0 saturated carbocycles. The van der Waals surface area contributed by atoms with Gasteiger partial charge in [-0.1, -0.05) is 35.4 Å². The number of hydrogen-bond donors (Lipinski definition) is 4. The Morgan fingerprint density at radius 2 is 1.13 bits per heavy atom. The van der Waals surface area contributed by atoms with E-state index in [0.29, 0.717) is 5.56 Å². The van der Waals surface area contributed by atoms with Gasteiger partial charge in [-0.3, -0.25) is 9.78 Å². The molecule has 3 aromatic rings. The lowest BCUT2D eigenvalue weighted by atomic mass is 10.0. The molecule has 0 radical (unpaired) electrons. The number of aliphatic hydroxyl groups excluding tert-OH is 1. The zero-order valence-corrected chi connectivity index (χ0v) is 24.7. The second kappa shape index (κ2) is 16.1. The maximum absolute atomic E-state index is 12.2. The van der Waals surface area contributed by atoms with Crippen LogP contribution in [0.15, 0.2) is 73.1 Å². The second-order valence-electron chi connectivity index (χ2n) is 10.3. The number of pyridine rings is 1. The van der Waals surface area contributed by atoms with E-state index in [4.69, 9.17) is 15.2 Å². The van der Waals surface area contributed by atoms with E-state index in [9.17, 15) is 39.3 Å². The first-order valence-electron chi connectivity index (χ1n) is 14.0. The Hall–Kier alpha value is -5.14. The molecule has 45 heavy (non-hydrogen) atoms. The molecule has 238 valence electrons. The average molecular weight is 622 g/mol. The summed E-state index contributed by atoms with van der Waals surface area (Å²) in [5.41, 5.74) is 8.23. The number of aliphatic carboxylic acids is 2. The van der Waals surface area contributed by atoms with Crippen molar-refractivity contribution < 1.29 is 48.8 Å². The lowest BCUT2D eigenvalue weighted by Crippen LogP contribution is -2.45. The van der Waals surface area contributed by atoms with E-state index in [1.807, 2.05) is 0 Å². The number of aromatic nitrogens is 1. The van der Waals surface area contributed by atoms with Gasteiger partial charge in [-0.15, -0.1) is 0 Å². The summed E-state index contributed by atoms with van der Waals surface area (Å²) >= 11 is 0. The number of rotatable bonds is 10. The number of carboxylic acids is 2. The molecule has 2 aromatic carbocycles. The predicted molar refractivity (Wildman–Crippen MR) is 159 cm³/mol. The van der Waals surface area contributed by atoms with Crippen LogP contribution in [0.25, 0.3) is 0 Å². The number of esters is 2. The van der Waals surface area contributed by atoms with Crippen molar-refractivity contribution >= 4 is 29.8 Å². The standard InChI is InChI=1S/C20H18O8.C12H17N3O2/c1-11-3-7-13(8-4-11)19(25)27-15(17(21)22)16(18(23)24)28-20(26)14-9-5-12(2)6-10-14;13-10(12(17)15-7-1-2-8-15)11(16)9-3-5-14-6-4-9/h3-10,15-16H,1-2H3,(H,21,22)(H,23,24);3-6,10-11,16H,1-2,7-8,13H2/t15-,16-;/m1./s1. The lowest BCUT2D eigenvalue weighted by molar-refractivity contribution is -0.166. The molecule has 0 bridgehead atoms. The number of nitrogens with two attached hydrogens (primary N) is 1. The van der Waals surface area contributed by atoms with E-state index in [0.717, 1.165) is 37.1 Å². The molecule has 2 unspecified atom stereocenters. The van der Waals surface area contributed by atoms with Crippen LogP contribution in [-0.2, 0) is 23.9 Å². The van der Waals surface area contributed by atoms with E-state index >= 15 is 0 Å². The van der Waals surface area contributed by atoms with Crippen molar-refractivity contribution in [2.75, 3.05) is 13.1 Å². The normalized spacial score (nSPS) is 15.0. The van der Waals surface area contributed by atoms with Crippen LogP contribution in [-0.4, -0.2) is 86.3 Å². The number of carbonyl (C=O) groups excluding carboxylic acids is 3.